The maximum absolute atomic E-state index is 14.0. The van der Waals surface area contributed by atoms with E-state index in [1.807, 2.05) is 26.8 Å². The second-order valence-corrected chi connectivity index (χ2v) is 17.5. The summed E-state index contributed by atoms with van der Waals surface area (Å²) >= 11 is 0. The van der Waals surface area contributed by atoms with Gasteiger partial charge in [0.05, 0.1) is 56.6 Å². The molecule has 4 N–H and O–H groups in total. The molecule has 16 heteroatoms. The molecule has 7 atom stereocenters. The number of amides is 4. The fourth-order valence-corrected chi connectivity index (χ4v) is 9.79. The van der Waals surface area contributed by atoms with E-state index in [9.17, 15) is 24.3 Å². The lowest BCUT2D eigenvalue weighted by molar-refractivity contribution is -0.138. The summed E-state index contributed by atoms with van der Waals surface area (Å²) < 4.78 is 21.5. The van der Waals surface area contributed by atoms with E-state index in [0.29, 0.717) is 38.4 Å². The van der Waals surface area contributed by atoms with Gasteiger partial charge < -0.3 is 49.5 Å². The minimum atomic E-state index is -1.13. The normalized spacial score (nSPS) is 21.5. The Balaban J connectivity index is 1.02. The first-order valence-corrected chi connectivity index (χ1v) is 21.8. The van der Waals surface area contributed by atoms with Crippen molar-refractivity contribution in [2.24, 2.45) is 16.8 Å². The summed E-state index contributed by atoms with van der Waals surface area (Å²) in [6.45, 7) is 8.88. The van der Waals surface area contributed by atoms with Crippen molar-refractivity contribution in [1.82, 2.24) is 30.4 Å². The van der Waals surface area contributed by atoms with Crippen LogP contribution in [0.1, 0.15) is 76.4 Å². The number of likely N-dealkylation sites (tertiary alicyclic amines) is 2. The molecule has 1 aromatic heterocycles. The Morgan fingerprint density at radius 1 is 0.952 bits per heavy atom. The molecule has 16 nitrogen and oxygen atoms in total. The average Bonchev–Trinajstić information content (AvgIpc) is 4.11. The molecule has 3 aromatic carbocycles. The predicted octanol–water partition coefficient (Wildman–Crippen LogP) is 6.21. The number of alkyl carbamates (subject to hydrolysis) is 2. The number of fused-ring (bicyclic) bond motifs is 6. The number of ether oxygens (including phenoxy) is 4. The Morgan fingerprint density at radius 2 is 1.71 bits per heavy atom. The third-order valence-corrected chi connectivity index (χ3v) is 13.1. The fraction of sp³-hybridized carbons (Fsp3) is 0.489. The number of aliphatic hydroxyl groups excluding tert-OH is 1. The molecular formula is C47H57N7O9. The predicted molar refractivity (Wildman–Crippen MR) is 236 cm³/mol. The first-order chi connectivity index (χ1) is 30.3. The van der Waals surface area contributed by atoms with Crippen LogP contribution in [-0.2, 0) is 36.8 Å². The molecule has 2 saturated heterocycles. The van der Waals surface area contributed by atoms with Gasteiger partial charge in [-0.1, -0.05) is 39.0 Å². The van der Waals surface area contributed by atoms with Crippen LogP contribution < -0.4 is 15.4 Å². The summed E-state index contributed by atoms with van der Waals surface area (Å²) in [5.74, 6) is 0.849. The zero-order valence-electron chi connectivity index (χ0n) is 36.9. The SMILES string of the molecule is CC[C@H](O)[C@H](NC(=O)OC)C(=O)N1C(C2=Nc3ccc4cc5c(cc4c3C2)OCc2cc(-c3cnc(C4C[C@H](COC)CN4C(=O)[C@@H](NC(=O)OC)C(C)C)[nH]3)ccc2-5)CC[C@@H]1C. The number of hydrogen-bond donors (Lipinski definition) is 4. The number of methoxy groups -OCH3 is 3. The molecule has 4 aliphatic rings. The number of aliphatic hydroxyl groups is 1. The molecule has 0 aliphatic carbocycles. The third-order valence-electron chi connectivity index (χ3n) is 13.1. The molecule has 4 aliphatic heterocycles. The standard InChI is InChI=1S/C47H57N7O9/c1-8-39(55)42(52-47(59)62-7)45(57)54-25(4)9-14-37(54)35-18-32-31-19-40-33(17-27(31)11-13-34(32)49-35)30-12-10-28(16-29(30)23-63-40)36-20-48-43(50-36)38-15-26(22-60-5)21-53(38)44(56)41(24(2)3)51-46(58)61-6/h10-13,16-17,19-20,24-26,37-39,41-42,55H,8-9,14-15,18,21-23H2,1-7H3,(H,48,50)(H,51,58)(H,52,59)/t25-,26-,37?,38?,39-,41-,42-/m0/s1. The minimum Gasteiger partial charge on any atom is -0.488 e. The van der Waals surface area contributed by atoms with E-state index in [2.05, 4.69) is 52.0 Å². The summed E-state index contributed by atoms with van der Waals surface area (Å²) in [5, 5.41) is 18.1. The molecule has 334 valence electrons. The zero-order valence-corrected chi connectivity index (χ0v) is 36.9. The van der Waals surface area contributed by atoms with Crippen LogP contribution in [0.25, 0.3) is 33.2 Å². The lowest BCUT2D eigenvalue weighted by atomic mass is 9.90. The van der Waals surface area contributed by atoms with Crippen molar-refractivity contribution in [3.8, 4) is 28.1 Å². The molecule has 8 rings (SSSR count). The van der Waals surface area contributed by atoms with E-state index >= 15 is 0 Å². The first kappa shape index (κ1) is 43.6. The maximum atomic E-state index is 14.0. The Morgan fingerprint density at radius 3 is 2.43 bits per heavy atom. The highest BCUT2D eigenvalue weighted by Gasteiger charge is 2.44. The summed E-state index contributed by atoms with van der Waals surface area (Å²) in [5.41, 5.74) is 7.66. The first-order valence-electron chi connectivity index (χ1n) is 21.8. The number of rotatable bonds is 12. The second kappa shape index (κ2) is 18.0. The molecule has 5 heterocycles. The van der Waals surface area contributed by atoms with Crippen molar-refractivity contribution >= 4 is 46.2 Å². The number of nitrogens with one attached hydrogen (secondary N) is 3. The van der Waals surface area contributed by atoms with E-state index in [1.54, 1.807) is 30.0 Å². The third kappa shape index (κ3) is 8.33. The van der Waals surface area contributed by atoms with Crippen molar-refractivity contribution < 1.29 is 43.2 Å². The van der Waals surface area contributed by atoms with Crippen LogP contribution in [0.3, 0.4) is 0 Å². The van der Waals surface area contributed by atoms with Gasteiger partial charge in [-0.15, -0.1) is 0 Å². The Bertz CT molecular complexity index is 2450. The Labute approximate surface area is 366 Å². The topological polar surface area (TPSA) is 197 Å². The van der Waals surface area contributed by atoms with Crippen molar-refractivity contribution in [3.05, 3.63) is 65.6 Å². The Kier molecular flexibility index (Phi) is 12.5. The van der Waals surface area contributed by atoms with Gasteiger partial charge >= 0.3 is 12.2 Å². The van der Waals surface area contributed by atoms with Crippen LogP contribution in [0.4, 0.5) is 15.3 Å². The number of H-pyrrole nitrogens is 1. The van der Waals surface area contributed by atoms with E-state index in [-0.39, 0.29) is 48.2 Å². The number of nitrogens with zero attached hydrogens (tertiary/aromatic N) is 4. The van der Waals surface area contributed by atoms with Gasteiger partial charge in [0.2, 0.25) is 11.8 Å². The van der Waals surface area contributed by atoms with Crippen LogP contribution >= 0.6 is 0 Å². The number of aromatic nitrogens is 2. The number of imidazole rings is 1. The smallest absolute Gasteiger partial charge is 0.407 e. The highest BCUT2D eigenvalue weighted by atomic mass is 16.5. The monoisotopic (exact) mass is 863 g/mol. The average molecular weight is 864 g/mol. The molecule has 0 bridgehead atoms. The number of aromatic amines is 1. The van der Waals surface area contributed by atoms with Gasteiger partial charge in [-0.3, -0.25) is 14.6 Å². The summed E-state index contributed by atoms with van der Waals surface area (Å²) in [7, 11) is 4.17. The lowest BCUT2D eigenvalue weighted by Crippen LogP contribution is -2.57. The molecule has 0 spiro atoms. The van der Waals surface area contributed by atoms with Crippen molar-refractivity contribution in [1.29, 1.82) is 0 Å². The Hall–Kier alpha value is -6.00. The molecule has 2 fully saturated rings. The molecular weight excluding hydrogens is 807 g/mol. The summed E-state index contributed by atoms with van der Waals surface area (Å²) in [4.78, 5) is 69.2. The van der Waals surface area contributed by atoms with Crippen LogP contribution in [0.5, 0.6) is 5.75 Å². The van der Waals surface area contributed by atoms with Crippen LogP contribution in [-0.4, -0.2) is 119 Å². The molecule has 4 amide bonds. The fourth-order valence-electron chi connectivity index (χ4n) is 9.79. The number of hydrogen-bond acceptors (Lipinski definition) is 11. The van der Waals surface area contributed by atoms with Crippen LogP contribution in [0.15, 0.2) is 53.7 Å². The van der Waals surface area contributed by atoms with Gasteiger partial charge in [-0.2, -0.15) is 0 Å². The van der Waals surface area contributed by atoms with Gasteiger partial charge in [0.1, 0.15) is 30.3 Å². The van der Waals surface area contributed by atoms with Gasteiger partial charge in [0.25, 0.3) is 0 Å². The lowest BCUT2D eigenvalue weighted by Gasteiger charge is -2.33. The molecule has 0 radical (unpaired) electrons. The van der Waals surface area contributed by atoms with E-state index in [0.717, 1.165) is 74.3 Å². The van der Waals surface area contributed by atoms with E-state index in [4.69, 9.17) is 28.9 Å². The van der Waals surface area contributed by atoms with Gasteiger partial charge in [0, 0.05) is 43.3 Å². The molecule has 0 saturated carbocycles. The van der Waals surface area contributed by atoms with Crippen molar-refractivity contribution in [2.75, 3.05) is 34.5 Å². The number of carbonyl (C=O) groups excluding carboxylic acids is 4. The highest BCUT2D eigenvalue weighted by molar-refractivity contribution is 6.06. The quantitative estimate of drug-likeness (QED) is 0.127. The second-order valence-electron chi connectivity index (χ2n) is 17.5. The number of aliphatic imine (C=N–C) groups is 1. The largest absolute Gasteiger partial charge is 0.488 e. The minimum absolute atomic E-state index is 0.101. The summed E-state index contributed by atoms with van der Waals surface area (Å²) in [6.07, 6.45) is 2.32. The van der Waals surface area contributed by atoms with Crippen LogP contribution in [0, 0.1) is 11.8 Å². The van der Waals surface area contributed by atoms with Gasteiger partial charge in [-0.05, 0) is 95.8 Å². The van der Waals surface area contributed by atoms with E-state index < -0.39 is 30.4 Å². The van der Waals surface area contributed by atoms with Gasteiger partial charge in [-0.25, -0.2) is 14.6 Å². The zero-order chi connectivity index (χ0) is 44.7. The molecule has 2 unspecified atom stereocenters. The summed E-state index contributed by atoms with van der Waals surface area (Å²) in [6, 6.07) is 12.1. The van der Waals surface area contributed by atoms with Crippen molar-refractivity contribution in [2.45, 2.75) is 103 Å². The van der Waals surface area contributed by atoms with Crippen molar-refractivity contribution in [3.63, 3.8) is 0 Å². The van der Waals surface area contributed by atoms with E-state index in [1.165, 1.54) is 14.2 Å². The molecule has 4 aromatic rings. The highest BCUT2D eigenvalue weighted by Crippen LogP contribution is 2.45. The molecule has 63 heavy (non-hydrogen) atoms. The van der Waals surface area contributed by atoms with Gasteiger partial charge in [0.15, 0.2) is 0 Å². The maximum Gasteiger partial charge on any atom is 0.407 e. The number of carbonyl (C=O) groups is 4. The number of benzene rings is 3. The van der Waals surface area contributed by atoms with Crippen LogP contribution in [0.2, 0.25) is 0 Å².